The monoisotopic (exact) mass is 301 g/mol. The molecule has 0 aromatic carbocycles. The highest BCUT2D eigenvalue weighted by Gasteiger charge is 2.16. The van der Waals surface area contributed by atoms with E-state index in [0.29, 0.717) is 12.5 Å². The first kappa shape index (κ1) is 15.0. The fourth-order valence-electron chi connectivity index (χ4n) is 2.48. The maximum absolute atomic E-state index is 11.1. The highest BCUT2D eigenvalue weighted by molar-refractivity contribution is 7.90. The SMILES string of the molecule is CC(NCCCS(C)(=O)=O)c1cc2c(s1)CCCC2. The normalized spacial score (nSPS) is 17.2. The highest BCUT2D eigenvalue weighted by Crippen LogP contribution is 2.32. The Bertz CT molecular complexity index is 496. The van der Waals surface area contributed by atoms with Gasteiger partial charge in [0.15, 0.2) is 0 Å². The molecular weight excluding hydrogens is 278 g/mol. The van der Waals surface area contributed by atoms with E-state index in [1.165, 1.54) is 42.4 Å². The molecule has 1 aromatic heterocycles. The largest absolute Gasteiger partial charge is 0.309 e. The molecule has 1 aliphatic rings. The van der Waals surface area contributed by atoms with Gasteiger partial charge in [-0.3, -0.25) is 0 Å². The summed E-state index contributed by atoms with van der Waals surface area (Å²) in [6, 6.07) is 2.67. The van der Waals surface area contributed by atoms with E-state index in [2.05, 4.69) is 18.3 Å². The topological polar surface area (TPSA) is 46.2 Å². The Hall–Kier alpha value is -0.390. The second kappa shape index (κ2) is 6.37. The maximum atomic E-state index is 11.1. The molecule has 1 heterocycles. The van der Waals surface area contributed by atoms with Crippen molar-refractivity contribution in [3.63, 3.8) is 0 Å². The Morgan fingerprint density at radius 2 is 2.11 bits per heavy atom. The van der Waals surface area contributed by atoms with Crippen molar-refractivity contribution in [2.75, 3.05) is 18.6 Å². The summed E-state index contributed by atoms with van der Waals surface area (Å²) >= 11 is 1.93. The summed E-state index contributed by atoms with van der Waals surface area (Å²) in [5.74, 6) is 0.271. The minimum Gasteiger partial charge on any atom is -0.309 e. The summed E-state index contributed by atoms with van der Waals surface area (Å²) < 4.78 is 22.1. The van der Waals surface area contributed by atoms with Crippen LogP contribution in [0.5, 0.6) is 0 Å². The van der Waals surface area contributed by atoms with Crippen LogP contribution in [0.15, 0.2) is 6.07 Å². The number of sulfone groups is 1. The van der Waals surface area contributed by atoms with E-state index in [1.807, 2.05) is 11.3 Å². The fraction of sp³-hybridized carbons (Fsp3) is 0.714. The summed E-state index contributed by atoms with van der Waals surface area (Å²) in [5.41, 5.74) is 1.54. The molecular formula is C14H23NO2S2. The Morgan fingerprint density at radius 3 is 2.79 bits per heavy atom. The molecule has 0 spiro atoms. The van der Waals surface area contributed by atoms with Gasteiger partial charge >= 0.3 is 0 Å². The van der Waals surface area contributed by atoms with Crippen LogP contribution >= 0.6 is 11.3 Å². The van der Waals surface area contributed by atoms with Crippen LogP contribution in [0.2, 0.25) is 0 Å². The Kier molecular flexibility index (Phi) is 5.03. The number of hydrogen-bond donors (Lipinski definition) is 1. The average Bonchev–Trinajstić information content (AvgIpc) is 2.77. The van der Waals surface area contributed by atoms with Gasteiger partial charge in [0, 0.05) is 22.1 Å². The number of hydrogen-bond acceptors (Lipinski definition) is 4. The van der Waals surface area contributed by atoms with Crippen LogP contribution in [-0.4, -0.2) is 27.0 Å². The predicted octanol–water partition coefficient (Wildman–Crippen LogP) is 2.71. The van der Waals surface area contributed by atoms with Crippen LogP contribution < -0.4 is 5.32 Å². The molecule has 5 heteroatoms. The van der Waals surface area contributed by atoms with Crippen LogP contribution in [0, 0.1) is 0 Å². The molecule has 1 unspecified atom stereocenters. The molecule has 0 saturated heterocycles. The zero-order valence-electron chi connectivity index (χ0n) is 11.7. The molecule has 3 nitrogen and oxygen atoms in total. The van der Waals surface area contributed by atoms with E-state index in [0.717, 1.165) is 6.54 Å². The van der Waals surface area contributed by atoms with E-state index in [4.69, 9.17) is 0 Å². The lowest BCUT2D eigenvalue weighted by molar-refractivity contribution is 0.567. The zero-order valence-corrected chi connectivity index (χ0v) is 13.4. The van der Waals surface area contributed by atoms with Gasteiger partial charge in [0.2, 0.25) is 0 Å². The maximum Gasteiger partial charge on any atom is 0.147 e. The van der Waals surface area contributed by atoms with Gasteiger partial charge in [-0.05, 0) is 57.2 Å². The quantitative estimate of drug-likeness (QED) is 0.822. The molecule has 1 aliphatic carbocycles. The molecule has 0 amide bonds. The number of nitrogens with one attached hydrogen (secondary N) is 1. The Labute approximate surface area is 120 Å². The third-order valence-corrected chi connectivity index (χ3v) is 6.03. The van der Waals surface area contributed by atoms with Crippen molar-refractivity contribution in [2.24, 2.45) is 0 Å². The van der Waals surface area contributed by atoms with Crippen LogP contribution in [0.4, 0.5) is 0 Å². The number of thiophene rings is 1. The number of aryl methyl sites for hydroxylation is 2. The lowest BCUT2D eigenvalue weighted by Gasteiger charge is -2.11. The smallest absolute Gasteiger partial charge is 0.147 e. The number of rotatable bonds is 6. The van der Waals surface area contributed by atoms with Gasteiger partial charge in [-0.25, -0.2) is 8.42 Å². The molecule has 0 bridgehead atoms. The fourth-order valence-corrected chi connectivity index (χ4v) is 4.43. The molecule has 0 radical (unpaired) electrons. The molecule has 1 atom stereocenters. The third kappa shape index (κ3) is 4.58. The molecule has 1 N–H and O–H groups in total. The van der Waals surface area contributed by atoms with Crippen LogP contribution in [0.3, 0.4) is 0 Å². The van der Waals surface area contributed by atoms with E-state index in [1.54, 1.807) is 4.88 Å². The Morgan fingerprint density at radius 1 is 1.37 bits per heavy atom. The average molecular weight is 301 g/mol. The Balaban J connectivity index is 1.83. The first-order valence-corrected chi connectivity index (χ1v) is 9.86. The lowest BCUT2D eigenvalue weighted by Crippen LogP contribution is -2.21. The van der Waals surface area contributed by atoms with E-state index in [9.17, 15) is 8.42 Å². The molecule has 0 aliphatic heterocycles. The minimum absolute atomic E-state index is 0.271. The first-order valence-electron chi connectivity index (χ1n) is 6.98. The van der Waals surface area contributed by atoms with Crippen molar-refractivity contribution in [1.29, 1.82) is 0 Å². The van der Waals surface area contributed by atoms with Crippen molar-refractivity contribution < 1.29 is 8.42 Å². The van der Waals surface area contributed by atoms with E-state index >= 15 is 0 Å². The summed E-state index contributed by atoms with van der Waals surface area (Å²) in [6.45, 7) is 2.93. The summed E-state index contributed by atoms with van der Waals surface area (Å²) in [6.07, 6.45) is 7.09. The van der Waals surface area contributed by atoms with E-state index in [-0.39, 0.29) is 5.75 Å². The molecule has 108 valence electrons. The second-order valence-electron chi connectivity index (χ2n) is 5.46. The zero-order chi connectivity index (χ0) is 13.9. The third-order valence-electron chi connectivity index (χ3n) is 3.58. The van der Waals surface area contributed by atoms with Crippen molar-refractivity contribution in [3.8, 4) is 0 Å². The van der Waals surface area contributed by atoms with Crippen molar-refractivity contribution in [3.05, 3.63) is 21.4 Å². The standard InChI is InChI=1S/C14H23NO2S2/c1-11(15-8-5-9-19(2,16)17)14-10-12-6-3-4-7-13(12)18-14/h10-11,15H,3-9H2,1-2H3. The van der Waals surface area contributed by atoms with Gasteiger partial charge in [0.1, 0.15) is 9.84 Å². The van der Waals surface area contributed by atoms with Crippen LogP contribution in [0.1, 0.15) is 47.5 Å². The first-order chi connectivity index (χ1) is 8.96. The van der Waals surface area contributed by atoms with Crippen molar-refractivity contribution in [2.45, 2.75) is 45.1 Å². The molecule has 0 fully saturated rings. The lowest BCUT2D eigenvalue weighted by atomic mass is 9.99. The summed E-state index contributed by atoms with van der Waals surface area (Å²) in [5, 5.41) is 3.43. The van der Waals surface area contributed by atoms with Gasteiger partial charge in [0.25, 0.3) is 0 Å². The molecule has 1 aromatic rings. The van der Waals surface area contributed by atoms with Crippen molar-refractivity contribution in [1.82, 2.24) is 5.32 Å². The highest BCUT2D eigenvalue weighted by atomic mass is 32.2. The van der Waals surface area contributed by atoms with Gasteiger partial charge in [0.05, 0.1) is 5.75 Å². The predicted molar refractivity (Wildman–Crippen MR) is 81.7 cm³/mol. The number of fused-ring (bicyclic) bond motifs is 1. The second-order valence-corrected chi connectivity index (χ2v) is 8.89. The van der Waals surface area contributed by atoms with Gasteiger partial charge in [-0.2, -0.15) is 0 Å². The summed E-state index contributed by atoms with van der Waals surface area (Å²) in [4.78, 5) is 2.96. The van der Waals surface area contributed by atoms with Gasteiger partial charge in [-0.1, -0.05) is 0 Å². The van der Waals surface area contributed by atoms with Crippen LogP contribution in [-0.2, 0) is 22.7 Å². The summed E-state index contributed by atoms with van der Waals surface area (Å²) in [7, 11) is -2.83. The minimum atomic E-state index is -2.83. The van der Waals surface area contributed by atoms with Crippen LogP contribution in [0.25, 0.3) is 0 Å². The molecule has 2 rings (SSSR count). The van der Waals surface area contributed by atoms with Gasteiger partial charge < -0.3 is 5.32 Å². The molecule has 0 saturated carbocycles. The van der Waals surface area contributed by atoms with Gasteiger partial charge in [-0.15, -0.1) is 11.3 Å². The molecule has 19 heavy (non-hydrogen) atoms. The van der Waals surface area contributed by atoms with E-state index < -0.39 is 9.84 Å². The van der Waals surface area contributed by atoms with Crippen molar-refractivity contribution >= 4 is 21.2 Å².